The molecule has 4 aromatic carbocycles. The average molecular weight is 396 g/mol. The lowest BCUT2D eigenvalue weighted by Gasteiger charge is -2.15. The predicted octanol–water partition coefficient (Wildman–Crippen LogP) is 7.35. The van der Waals surface area contributed by atoms with Crippen LogP contribution in [0.5, 0.6) is 0 Å². The highest BCUT2D eigenvalue weighted by Gasteiger charge is 2.13. The van der Waals surface area contributed by atoms with Gasteiger partial charge in [0, 0.05) is 5.69 Å². The first kappa shape index (κ1) is 18.7. The third kappa shape index (κ3) is 3.66. The van der Waals surface area contributed by atoms with Crippen molar-refractivity contribution < 1.29 is 0 Å². The SMILES string of the molecule is N#Cc1ccc(-c2ccc(-n3c(-c4ccccc4)ccc3-c3ccccc3)cc2)cc1. The first-order valence-corrected chi connectivity index (χ1v) is 10.3. The smallest absolute Gasteiger partial charge is 0.0991 e. The fourth-order valence-corrected chi connectivity index (χ4v) is 3.92. The normalized spacial score (nSPS) is 10.5. The van der Waals surface area contributed by atoms with Gasteiger partial charge in [-0.25, -0.2) is 0 Å². The molecule has 0 fully saturated rings. The molecule has 2 nitrogen and oxygen atoms in total. The van der Waals surface area contributed by atoms with E-state index in [0.29, 0.717) is 5.56 Å². The van der Waals surface area contributed by atoms with Crippen molar-refractivity contribution in [3.8, 4) is 45.4 Å². The summed E-state index contributed by atoms with van der Waals surface area (Å²) in [5.74, 6) is 0. The summed E-state index contributed by atoms with van der Waals surface area (Å²) >= 11 is 0. The maximum atomic E-state index is 9.03. The number of benzene rings is 4. The van der Waals surface area contributed by atoms with E-state index >= 15 is 0 Å². The van der Waals surface area contributed by atoms with Crippen molar-refractivity contribution in [2.75, 3.05) is 0 Å². The van der Waals surface area contributed by atoms with E-state index in [-0.39, 0.29) is 0 Å². The van der Waals surface area contributed by atoms with Gasteiger partial charge in [-0.15, -0.1) is 0 Å². The lowest BCUT2D eigenvalue weighted by molar-refractivity contribution is 1.10. The first-order valence-electron chi connectivity index (χ1n) is 10.3. The molecule has 5 aromatic rings. The fourth-order valence-electron chi connectivity index (χ4n) is 3.92. The topological polar surface area (TPSA) is 28.7 Å². The van der Waals surface area contributed by atoms with Crippen molar-refractivity contribution >= 4 is 0 Å². The molecule has 31 heavy (non-hydrogen) atoms. The molecule has 1 aromatic heterocycles. The number of hydrogen-bond acceptors (Lipinski definition) is 1. The molecular weight excluding hydrogens is 376 g/mol. The Balaban J connectivity index is 1.61. The minimum atomic E-state index is 0.674. The molecule has 1 heterocycles. The van der Waals surface area contributed by atoms with E-state index in [4.69, 9.17) is 5.26 Å². The van der Waals surface area contributed by atoms with E-state index in [2.05, 4.69) is 95.6 Å². The second kappa shape index (κ2) is 8.18. The molecule has 0 atom stereocenters. The van der Waals surface area contributed by atoms with Gasteiger partial charge < -0.3 is 4.57 Å². The summed E-state index contributed by atoms with van der Waals surface area (Å²) < 4.78 is 2.31. The van der Waals surface area contributed by atoms with E-state index in [9.17, 15) is 0 Å². The van der Waals surface area contributed by atoms with Crippen molar-refractivity contribution in [1.29, 1.82) is 5.26 Å². The van der Waals surface area contributed by atoms with Crippen molar-refractivity contribution in [2.24, 2.45) is 0 Å². The molecule has 0 aliphatic carbocycles. The van der Waals surface area contributed by atoms with Gasteiger partial charge in [-0.2, -0.15) is 5.26 Å². The van der Waals surface area contributed by atoms with Gasteiger partial charge in [0.2, 0.25) is 0 Å². The van der Waals surface area contributed by atoms with Gasteiger partial charge in [0.25, 0.3) is 0 Å². The van der Waals surface area contributed by atoms with Crippen LogP contribution in [-0.4, -0.2) is 4.57 Å². The van der Waals surface area contributed by atoms with E-state index < -0.39 is 0 Å². The van der Waals surface area contributed by atoms with Crippen LogP contribution in [0.25, 0.3) is 39.3 Å². The molecule has 0 spiro atoms. The van der Waals surface area contributed by atoms with Crippen LogP contribution in [0, 0.1) is 11.3 Å². The number of aromatic nitrogens is 1. The van der Waals surface area contributed by atoms with Gasteiger partial charge in [-0.05, 0) is 58.7 Å². The number of nitriles is 1. The summed E-state index contributed by atoms with van der Waals surface area (Å²) in [6.45, 7) is 0. The van der Waals surface area contributed by atoms with Gasteiger partial charge in [-0.1, -0.05) is 84.9 Å². The fraction of sp³-hybridized carbons (Fsp3) is 0. The maximum Gasteiger partial charge on any atom is 0.0991 e. The molecule has 5 rings (SSSR count). The largest absolute Gasteiger partial charge is 0.309 e. The summed E-state index contributed by atoms with van der Waals surface area (Å²) in [4.78, 5) is 0. The molecule has 0 N–H and O–H groups in total. The van der Waals surface area contributed by atoms with Crippen LogP contribution in [-0.2, 0) is 0 Å². The van der Waals surface area contributed by atoms with Gasteiger partial charge in [0.05, 0.1) is 23.0 Å². The van der Waals surface area contributed by atoms with Crippen LogP contribution in [0.4, 0.5) is 0 Å². The molecule has 0 aliphatic heterocycles. The highest BCUT2D eigenvalue weighted by Crippen LogP contribution is 2.33. The Bertz CT molecular complexity index is 1280. The molecule has 0 aliphatic rings. The molecule has 0 amide bonds. The van der Waals surface area contributed by atoms with Crippen molar-refractivity contribution in [3.05, 3.63) is 127 Å². The van der Waals surface area contributed by atoms with E-state index in [0.717, 1.165) is 28.2 Å². The summed E-state index contributed by atoms with van der Waals surface area (Å²) in [6, 6.07) is 43.8. The van der Waals surface area contributed by atoms with Crippen LogP contribution >= 0.6 is 0 Å². The van der Waals surface area contributed by atoms with Crippen molar-refractivity contribution in [3.63, 3.8) is 0 Å². The maximum absolute atomic E-state index is 9.03. The molecule has 0 saturated heterocycles. The molecule has 0 unspecified atom stereocenters. The van der Waals surface area contributed by atoms with Crippen molar-refractivity contribution in [2.45, 2.75) is 0 Å². The second-order valence-corrected chi connectivity index (χ2v) is 7.41. The summed E-state index contributed by atoms with van der Waals surface area (Å²) in [7, 11) is 0. The summed E-state index contributed by atoms with van der Waals surface area (Å²) in [5, 5.41) is 9.03. The van der Waals surface area contributed by atoms with E-state index in [1.165, 1.54) is 11.1 Å². The highest BCUT2D eigenvalue weighted by atomic mass is 15.0. The van der Waals surface area contributed by atoms with Crippen LogP contribution in [0.2, 0.25) is 0 Å². The molecule has 0 bridgehead atoms. The van der Waals surface area contributed by atoms with E-state index in [1.54, 1.807) is 0 Å². The van der Waals surface area contributed by atoms with Crippen LogP contribution < -0.4 is 0 Å². The van der Waals surface area contributed by atoms with Gasteiger partial charge in [0.1, 0.15) is 0 Å². The lowest BCUT2D eigenvalue weighted by Crippen LogP contribution is -1.99. The van der Waals surface area contributed by atoms with Crippen LogP contribution in [0.15, 0.2) is 121 Å². The van der Waals surface area contributed by atoms with Gasteiger partial charge in [-0.3, -0.25) is 0 Å². The Kier molecular flexibility index (Phi) is 4.92. The Morgan fingerprint density at radius 2 is 0.903 bits per heavy atom. The second-order valence-electron chi connectivity index (χ2n) is 7.41. The van der Waals surface area contributed by atoms with Crippen molar-refractivity contribution in [1.82, 2.24) is 4.57 Å². The van der Waals surface area contributed by atoms with Crippen LogP contribution in [0.3, 0.4) is 0 Å². The molecule has 0 saturated carbocycles. The third-order valence-electron chi connectivity index (χ3n) is 5.49. The first-order chi connectivity index (χ1) is 15.3. The Labute approximate surface area is 182 Å². The van der Waals surface area contributed by atoms with Gasteiger partial charge in [0.15, 0.2) is 0 Å². The standard InChI is InChI=1S/C29H20N2/c30-21-22-11-13-23(14-12-22)24-15-17-27(18-16-24)31-28(25-7-3-1-4-8-25)19-20-29(31)26-9-5-2-6-10-26/h1-20H. The predicted molar refractivity (Wildman–Crippen MR) is 127 cm³/mol. The average Bonchev–Trinajstić information content (AvgIpc) is 3.30. The molecule has 146 valence electrons. The zero-order chi connectivity index (χ0) is 21.0. The summed E-state index contributed by atoms with van der Waals surface area (Å²) in [5.41, 5.74) is 8.69. The van der Waals surface area contributed by atoms with Gasteiger partial charge >= 0.3 is 0 Å². The van der Waals surface area contributed by atoms with E-state index in [1.807, 2.05) is 36.4 Å². The Hall–Kier alpha value is -4.35. The minimum absolute atomic E-state index is 0.674. The molecule has 0 radical (unpaired) electrons. The Morgan fingerprint density at radius 3 is 1.35 bits per heavy atom. The number of nitrogens with zero attached hydrogens (tertiary/aromatic N) is 2. The minimum Gasteiger partial charge on any atom is -0.309 e. The third-order valence-corrected chi connectivity index (χ3v) is 5.49. The number of hydrogen-bond donors (Lipinski definition) is 0. The van der Waals surface area contributed by atoms with Crippen LogP contribution in [0.1, 0.15) is 5.56 Å². The molecule has 2 heteroatoms. The molecular formula is C29H20N2. The zero-order valence-electron chi connectivity index (χ0n) is 16.9. The summed E-state index contributed by atoms with van der Waals surface area (Å²) in [6.07, 6.45) is 0. The lowest BCUT2D eigenvalue weighted by atomic mass is 10.0. The zero-order valence-corrected chi connectivity index (χ0v) is 16.9. The number of rotatable bonds is 4. The monoisotopic (exact) mass is 396 g/mol. The Morgan fingerprint density at radius 1 is 0.452 bits per heavy atom. The quantitative estimate of drug-likeness (QED) is 0.312. The highest BCUT2D eigenvalue weighted by molar-refractivity contribution is 5.74.